The van der Waals surface area contributed by atoms with Gasteiger partial charge in [-0.15, -0.1) is 0 Å². The lowest BCUT2D eigenvalue weighted by molar-refractivity contribution is -0.117. The largest absolute Gasteiger partial charge is 0.505 e. The van der Waals surface area contributed by atoms with E-state index >= 15 is 0 Å². The van der Waals surface area contributed by atoms with Gasteiger partial charge in [-0.3, -0.25) is 14.6 Å². The van der Waals surface area contributed by atoms with Crippen molar-refractivity contribution in [3.8, 4) is 5.75 Å². The fraction of sp³-hybridized carbons (Fsp3) is 0.227. The molecule has 2 heterocycles. The second-order valence-corrected chi connectivity index (χ2v) is 7.39. The van der Waals surface area contributed by atoms with Crippen LogP contribution in [0.1, 0.15) is 38.2 Å². The molecule has 1 aliphatic heterocycles. The van der Waals surface area contributed by atoms with Crippen LogP contribution in [0.25, 0.3) is 10.9 Å². The van der Waals surface area contributed by atoms with Crippen molar-refractivity contribution >= 4 is 22.7 Å². The van der Waals surface area contributed by atoms with Gasteiger partial charge < -0.3 is 15.7 Å². The molecule has 0 saturated carbocycles. The van der Waals surface area contributed by atoms with Crippen LogP contribution in [0.4, 0.5) is 0 Å². The van der Waals surface area contributed by atoms with Crippen molar-refractivity contribution in [1.82, 2.24) is 9.88 Å². The van der Waals surface area contributed by atoms with Crippen LogP contribution in [0.5, 0.6) is 5.75 Å². The van der Waals surface area contributed by atoms with Gasteiger partial charge in [0.25, 0.3) is 5.91 Å². The van der Waals surface area contributed by atoms with E-state index in [2.05, 4.69) is 29.2 Å². The minimum atomic E-state index is -0.486. The summed E-state index contributed by atoms with van der Waals surface area (Å²) in [5, 5.41) is 11.4. The minimum Gasteiger partial charge on any atom is -0.505 e. The summed E-state index contributed by atoms with van der Waals surface area (Å²) < 4.78 is 0. The molecule has 3 aromatic rings. The number of carbonyl (C=O) groups is 2. The maximum absolute atomic E-state index is 12.5. The summed E-state index contributed by atoms with van der Waals surface area (Å²) in [6.45, 7) is 2.38. The first-order valence-corrected chi connectivity index (χ1v) is 9.09. The van der Waals surface area contributed by atoms with Crippen LogP contribution in [0, 0.1) is 6.92 Å². The zero-order valence-electron chi connectivity index (χ0n) is 15.8. The number of phenolic OH excluding ortho intramolecular Hbond substituents is 1. The number of pyridine rings is 1. The number of aromatic nitrogens is 1. The number of aromatic hydroxyl groups is 1. The van der Waals surface area contributed by atoms with Crippen molar-refractivity contribution in [1.29, 1.82) is 0 Å². The van der Waals surface area contributed by atoms with E-state index in [-0.39, 0.29) is 23.6 Å². The zero-order valence-corrected chi connectivity index (χ0v) is 15.8. The molecule has 1 aromatic heterocycles. The van der Waals surface area contributed by atoms with E-state index in [9.17, 15) is 14.7 Å². The number of amides is 2. The number of fused-ring (bicyclic) bond motifs is 2. The van der Waals surface area contributed by atoms with E-state index in [1.165, 1.54) is 10.5 Å². The first-order valence-electron chi connectivity index (χ1n) is 9.09. The van der Waals surface area contributed by atoms with E-state index in [0.29, 0.717) is 35.0 Å². The third kappa shape index (κ3) is 2.97. The maximum Gasteiger partial charge on any atom is 0.258 e. The van der Waals surface area contributed by atoms with Crippen molar-refractivity contribution in [2.24, 2.45) is 5.73 Å². The van der Waals surface area contributed by atoms with E-state index in [1.807, 2.05) is 13.0 Å². The molecule has 2 aromatic carbocycles. The average Bonchev–Trinajstić information content (AvgIpc) is 2.95. The summed E-state index contributed by atoms with van der Waals surface area (Å²) in [6, 6.07) is 10.2. The summed E-state index contributed by atoms with van der Waals surface area (Å²) in [5.41, 5.74) is 10.6. The zero-order chi connectivity index (χ0) is 20.0. The Hall–Kier alpha value is -3.41. The molecule has 0 unspecified atom stereocenters. The van der Waals surface area contributed by atoms with Gasteiger partial charge in [0.05, 0.1) is 12.0 Å². The van der Waals surface area contributed by atoms with Crippen molar-refractivity contribution in [3.63, 3.8) is 0 Å². The Morgan fingerprint density at radius 3 is 2.64 bits per heavy atom. The molecule has 0 bridgehead atoms. The predicted molar refractivity (Wildman–Crippen MR) is 106 cm³/mol. The minimum absolute atomic E-state index is 0.00407. The van der Waals surface area contributed by atoms with Gasteiger partial charge in [0, 0.05) is 25.2 Å². The summed E-state index contributed by atoms with van der Waals surface area (Å²) in [6.07, 6.45) is 2.37. The molecule has 0 aliphatic carbocycles. The lowest BCUT2D eigenvalue weighted by Gasteiger charge is -2.13. The van der Waals surface area contributed by atoms with Crippen molar-refractivity contribution in [3.05, 3.63) is 69.9 Å². The van der Waals surface area contributed by atoms with Gasteiger partial charge in [0.2, 0.25) is 5.91 Å². The summed E-state index contributed by atoms with van der Waals surface area (Å²) in [7, 11) is 1.66. The number of hydrogen-bond donors (Lipinski definition) is 2. The molecule has 4 rings (SSSR count). The molecule has 6 heteroatoms. The lowest BCUT2D eigenvalue weighted by atomic mass is 9.93. The van der Waals surface area contributed by atoms with Crippen LogP contribution < -0.4 is 5.73 Å². The molecule has 6 nitrogen and oxygen atoms in total. The number of carbonyl (C=O) groups excluding carboxylic acids is 2. The summed E-state index contributed by atoms with van der Waals surface area (Å²) in [4.78, 5) is 30.1. The molecule has 0 radical (unpaired) electrons. The fourth-order valence-corrected chi connectivity index (χ4v) is 3.82. The van der Waals surface area contributed by atoms with Crippen molar-refractivity contribution < 1.29 is 14.7 Å². The molecule has 28 heavy (non-hydrogen) atoms. The van der Waals surface area contributed by atoms with Crippen LogP contribution in [-0.4, -0.2) is 33.9 Å². The van der Waals surface area contributed by atoms with Gasteiger partial charge >= 0.3 is 0 Å². The average molecular weight is 375 g/mol. The molecular formula is C22H21N3O3. The highest BCUT2D eigenvalue weighted by atomic mass is 16.3. The Bertz CT molecular complexity index is 1120. The normalized spacial score (nSPS) is 13.2. The fourth-order valence-electron chi connectivity index (χ4n) is 3.82. The van der Waals surface area contributed by atoms with Crippen LogP contribution >= 0.6 is 0 Å². The number of benzene rings is 2. The van der Waals surface area contributed by atoms with Gasteiger partial charge in [-0.2, -0.15) is 0 Å². The number of rotatable bonds is 4. The molecule has 3 N–H and O–H groups in total. The standard InChI is InChI=1S/C22H21N3O3/c1-12-3-5-13(6-4-12)7-14-8-16-15(9-18(23)26)17-11-25(2)22(28)19(17)21(27)20(16)24-10-14/h3-6,8,10,27H,7,9,11H2,1-2H3,(H2,23,26). The molecule has 0 fully saturated rings. The van der Waals surface area contributed by atoms with E-state index in [4.69, 9.17) is 5.73 Å². The SMILES string of the molecule is Cc1ccc(Cc2cnc3c(O)c4c(c(CC(N)=O)c3c2)CN(C)C4=O)cc1. The van der Waals surface area contributed by atoms with Gasteiger partial charge in [0.15, 0.2) is 5.75 Å². The highest BCUT2D eigenvalue weighted by molar-refractivity contribution is 6.08. The number of nitrogens with zero attached hydrogens (tertiary/aromatic N) is 2. The molecule has 0 atom stereocenters. The van der Waals surface area contributed by atoms with Crippen LogP contribution in [0.15, 0.2) is 36.5 Å². The van der Waals surface area contributed by atoms with Crippen molar-refractivity contribution in [2.75, 3.05) is 7.05 Å². The number of aryl methyl sites for hydroxylation is 1. The summed E-state index contributed by atoms with van der Waals surface area (Å²) >= 11 is 0. The Morgan fingerprint density at radius 1 is 1.25 bits per heavy atom. The van der Waals surface area contributed by atoms with Crippen molar-refractivity contribution in [2.45, 2.75) is 26.3 Å². The summed E-state index contributed by atoms with van der Waals surface area (Å²) in [5.74, 6) is -0.889. The number of primary amides is 1. The smallest absolute Gasteiger partial charge is 0.258 e. The quantitative estimate of drug-likeness (QED) is 0.732. The second-order valence-electron chi connectivity index (χ2n) is 7.39. The van der Waals surface area contributed by atoms with Crippen LogP contribution in [0.2, 0.25) is 0 Å². The Kier molecular flexibility index (Phi) is 4.26. The number of nitrogens with two attached hydrogens (primary N) is 1. The molecule has 142 valence electrons. The first kappa shape index (κ1) is 18.0. The highest BCUT2D eigenvalue weighted by Crippen LogP contribution is 2.39. The van der Waals surface area contributed by atoms with E-state index < -0.39 is 5.91 Å². The molecule has 0 spiro atoms. The Balaban J connectivity index is 1.89. The topological polar surface area (TPSA) is 96.5 Å². The van der Waals surface area contributed by atoms with Gasteiger partial charge in [-0.05, 0) is 41.7 Å². The third-order valence-electron chi connectivity index (χ3n) is 5.23. The first-order chi connectivity index (χ1) is 13.3. The van der Waals surface area contributed by atoms with Gasteiger partial charge in [-0.1, -0.05) is 29.8 Å². The molecular weight excluding hydrogens is 354 g/mol. The van der Waals surface area contributed by atoms with Gasteiger partial charge in [-0.25, -0.2) is 0 Å². The van der Waals surface area contributed by atoms with E-state index in [0.717, 1.165) is 11.1 Å². The number of phenols is 1. The molecule has 2 amide bonds. The second kappa shape index (κ2) is 6.64. The number of hydrogen-bond acceptors (Lipinski definition) is 4. The van der Waals surface area contributed by atoms with E-state index in [1.54, 1.807) is 13.2 Å². The monoisotopic (exact) mass is 375 g/mol. The van der Waals surface area contributed by atoms with Crippen LogP contribution in [0.3, 0.4) is 0 Å². The lowest BCUT2D eigenvalue weighted by Crippen LogP contribution is -2.17. The van der Waals surface area contributed by atoms with Gasteiger partial charge in [0.1, 0.15) is 5.52 Å². The Labute approximate surface area is 162 Å². The molecule has 1 aliphatic rings. The maximum atomic E-state index is 12.5. The third-order valence-corrected chi connectivity index (χ3v) is 5.23. The molecule has 0 saturated heterocycles. The highest BCUT2D eigenvalue weighted by Gasteiger charge is 2.33. The Morgan fingerprint density at radius 2 is 1.96 bits per heavy atom. The van der Waals surface area contributed by atoms with Crippen LogP contribution in [-0.2, 0) is 24.2 Å². The predicted octanol–water partition coefficient (Wildman–Crippen LogP) is 2.45.